The van der Waals surface area contributed by atoms with Crippen LogP contribution in [0.15, 0.2) is 35.6 Å². The SMILES string of the molecule is C=C(N)C1=CC=C(C#N)CC1. The van der Waals surface area contributed by atoms with Gasteiger partial charge in [-0.15, -0.1) is 0 Å². The van der Waals surface area contributed by atoms with Crippen molar-refractivity contribution in [2.45, 2.75) is 12.8 Å². The molecule has 1 aliphatic rings. The van der Waals surface area contributed by atoms with Crippen LogP contribution in [-0.2, 0) is 0 Å². The van der Waals surface area contributed by atoms with E-state index in [-0.39, 0.29) is 0 Å². The maximum Gasteiger partial charge on any atom is 0.0947 e. The minimum absolute atomic E-state index is 0.609. The van der Waals surface area contributed by atoms with Crippen molar-refractivity contribution in [2.24, 2.45) is 5.73 Å². The van der Waals surface area contributed by atoms with Crippen LogP contribution >= 0.6 is 0 Å². The summed E-state index contributed by atoms with van der Waals surface area (Å²) in [6.45, 7) is 3.63. The molecule has 2 nitrogen and oxygen atoms in total. The van der Waals surface area contributed by atoms with E-state index in [4.69, 9.17) is 11.0 Å². The summed E-state index contributed by atoms with van der Waals surface area (Å²) in [5.74, 6) is 0. The second kappa shape index (κ2) is 3.07. The lowest BCUT2D eigenvalue weighted by Gasteiger charge is -2.09. The first kappa shape index (κ1) is 7.62. The summed E-state index contributed by atoms with van der Waals surface area (Å²) in [7, 11) is 0. The van der Waals surface area contributed by atoms with Crippen LogP contribution in [0.3, 0.4) is 0 Å². The fraction of sp³-hybridized carbons (Fsp3) is 0.222. The van der Waals surface area contributed by atoms with Gasteiger partial charge in [0.05, 0.1) is 6.07 Å². The van der Waals surface area contributed by atoms with Crippen LogP contribution in [0, 0.1) is 11.3 Å². The molecule has 0 aromatic rings. The van der Waals surface area contributed by atoms with E-state index in [0.29, 0.717) is 5.70 Å². The zero-order chi connectivity index (χ0) is 8.27. The number of nitrogens with zero attached hydrogens (tertiary/aromatic N) is 1. The average Bonchev–Trinajstić information content (AvgIpc) is 2.05. The molecule has 0 saturated heterocycles. The molecule has 2 heteroatoms. The molecule has 0 fully saturated rings. The quantitative estimate of drug-likeness (QED) is 0.611. The summed E-state index contributed by atoms with van der Waals surface area (Å²) in [6, 6.07) is 2.11. The highest BCUT2D eigenvalue weighted by Crippen LogP contribution is 2.19. The highest BCUT2D eigenvalue weighted by atomic mass is 14.6. The van der Waals surface area contributed by atoms with Gasteiger partial charge in [0.15, 0.2) is 0 Å². The molecular weight excluding hydrogens is 136 g/mol. The molecule has 1 aliphatic carbocycles. The van der Waals surface area contributed by atoms with Crippen molar-refractivity contribution in [1.29, 1.82) is 5.26 Å². The molecule has 0 aliphatic heterocycles. The van der Waals surface area contributed by atoms with Crippen LogP contribution in [0.2, 0.25) is 0 Å². The zero-order valence-electron chi connectivity index (χ0n) is 6.30. The fourth-order valence-electron chi connectivity index (χ4n) is 0.998. The number of nitriles is 1. The van der Waals surface area contributed by atoms with Gasteiger partial charge in [-0.3, -0.25) is 0 Å². The Morgan fingerprint density at radius 2 is 2.27 bits per heavy atom. The number of hydrogen-bond donors (Lipinski definition) is 1. The summed E-state index contributed by atoms with van der Waals surface area (Å²) >= 11 is 0. The highest BCUT2D eigenvalue weighted by Gasteiger charge is 2.05. The van der Waals surface area contributed by atoms with Crippen molar-refractivity contribution >= 4 is 0 Å². The maximum absolute atomic E-state index is 8.51. The Kier molecular flexibility index (Phi) is 2.12. The minimum atomic E-state index is 0.609. The Labute approximate surface area is 66.3 Å². The van der Waals surface area contributed by atoms with Crippen molar-refractivity contribution < 1.29 is 0 Å². The van der Waals surface area contributed by atoms with E-state index in [9.17, 15) is 0 Å². The van der Waals surface area contributed by atoms with Crippen molar-refractivity contribution in [3.63, 3.8) is 0 Å². The Morgan fingerprint density at radius 3 is 2.64 bits per heavy atom. The first-order valence-electron chi connectivity index (χ1n) is 3.48. The van der Waals surface area contributed by atoms with Crippen molar-refractivity contribution in [1.82, 2.24) is 0 Å². The molecule has 56 valence electrons. The molecule has 2 N–H and O–H groups in total. The third-order valence-electron chi connectivity index (χ3n) is 1.71. The van der Waals surface area contributed by atoms with Gasteiger partial charge in [0.25, 0.3) is 0 Å². The minimum Gasteiger partial charge on any atom is -0.399 e. The van der Waals surface area contributed by atoms with Crippen molar-refractivity contribution in [3.05, 3.63) is 35.6 Å². The monoisotopic (exact) mass is 146 g/mol. The predicted octanol–water partition coefficient (Wildman–Crippen LogP) is 1.63. The molecule has 0 saturated carbocycles. The molecule has 11 heavy (non-hydrogen) atoms. The van der Waals surface area contributed by atoms with E-state index < -0.39 is 0 Å². The van der Waals surface area contributed by atoms with Crippen LogP contribution in [0.4, 0.5) is 0 Å². The number of rotatable bonds is 1. The van der Waals surface area contributed by atoms with Crippen LogP contribution in [0.5, 0.6) is 0 Å². The fourth-order valence-corrected chi connectivity index (χ4v) is 0.998. The molecule has 0 unspecified atom stereocenters. The normalized spacial score (nSPS) is 16.3. The van der Waals surface area contributed by atoms with E-state index in [1.807, 2.05) is 6.08 Å². The third-order valence-corrected chi connectivity index (χ3v) is 1.71. The summed E-state index contributed by atoms with van der Waals surface area (Å²) < 4.78 is 0. The molecule has 0 atom stereocenters. The van der Waals surface area contributed by atoms with Gasteiger partial charge in [0, 0.05) is 11.3 Å². The predicted molar refractivity (Wildman–Crippen MR) is 44.3 cm³/mol. The molecule has 0 radical (unpaired) electrons. The summed E-state index contributed by atoms with van der Waals surface area (Å²) in [5, 5.41) is 8.51. The molecule has 0 bridgehead atoms. The highest BCUT2D eigenvalue weighted by molar-refractivity contribution is 5.38. The smallest absolute Gasteiger partial charge is 0.0947 e. The third kappa shape index (κ3) is 1.71. The number of nitrogens with two attached hydrogens (primary N) is 1. The van der Waals surface area contributed by atoms with E-state index in [2.05, 4.69) is 12.6 Å². The number of hydrogen-bond acceptors (Lipinski definition) is 2. The molecule has 0 heterocycles. The second-order valence-electron chi connectivity index (χ2n) is 2.52. The Balaban J connectivity index is 2.79. The summed E-state index contributed by atoms with van der Waals surface area (Å²) in [6.07, 6.45) is 5.30. The lowest BCUT2D eigenvalue weighted by atomic mass is 9.98. The van der Waals surface area contributed by atoms with E-state index >= 15 is 0 Å². The molecular formula is C9H10N2. The van der Waals surface area contributed by atoms with Gasteiger partial charge in [-0.2, -0.15) is 5.26 Å². The molecule has 1 rings (SSSR count). The summed E-state index contributed by atoms with van der Waals surface area (Å²) in [5.41, 5.74) is 7.95. The Hall–Kier alpha value is -1.49. The topological polar surface area (TPSA) is 49.8 Å². The van der Waals surface area contributed by atoms with Gasteiger partial charge in [-0.1, -0.05) is 12.7 Å². The standard InChI is InChI=1S/C9H10N2/c1-7(11)9-4-2-8(6-10)3-5-9/h2,4H,1,3,5,11H2. The largest absolute Gasteiger partial charge is 0.399 e. The van der Waals surface area contributed by atoms with Crippen LogP contribution < -0.4 is 5.73 Å². The first-order chi connectivity index (χ1) is 5.24. The first-order valence-corrected chi connectivity index (χ1v) is 3.48. The number of allylic oxidation sites excluding steroid dienone is 4. The van der Waals surface area contributed by atoms with Gasteiger partial charge in [-0.05, 0) is 24.5 Å². The zero-order valence-corrected chi connectivity index (χ0v) is 6.30. The van der Waals surface area contributed by atoms with Crippen LogP contribution in [-0.4, -0.2) is 0 Å². The van der Waals surface area contributed by atoms with E-state index in [1.165, 1.54) is 0 Å². The lowest BCUT2D eigenvalue weighted by molar-refractivity contribution is 0.934. The second-order valence-corrected chi connectivity index (χ2v) is 2.52. The lowest BCUT2D eigenvalue weighted by Crippen LogP contribution is -2.01. The Bertz CT molecular complexity index is 276. The maximum atomic E-state index is 8.51. The summed E-state index contributed by atoms with van der Waals surface area (Å²) in [4.78, 5) is 0. The van der Waals surface area contributed by atoms with E-state index in [0.717, 1.165) is 24.0 Å². The van der Waals surface area contributed by atoms with Crippen LogP contribution in [0.25, 0.3) is 0 Å². The van der Waals surface area contributed by atoms with Crippen LogP contribution in [0.1, 0.15) is 12.8 Å². The van der Waals surface area contributed by atoms with E-state index in [1.54, 1.807) is 6.08 Å². The molecule has 0 aromatic carbocycles. The van der Waals surface area contributed by atoms with Gasteiger partial charge in [0.1, 0.15) is 0 Å². The van der Waals surface area contributed by atoms with Gasteiger partial charge < -0.3 is 5.73 Å². The molecule has 0 amide bonds. The van der Waals surface area contributed by atoms with Gasteiger partial charge in [0.2, 0.25) is 0 Å². The molecule has 0 spiro atoms. The van der Waals surface area contributed by atoms with Gasteiger partial charge >= 0.3 is 0 Å². The van der Waals surface area contributed by atoms with Crippen molar-refractivity contribution in [2.75, 3.05) is 0 Å². The Morgan fingerprint density at radius 1 is 1.55 bits per heavy atom. The molecule has 0 aromatic heterocycles. The van der Waals surface area contributed by atoms with Crippen molar-refractivity contribution in [3.8, 4) is 6.07 Å². The average molecular weight is 146 g/mol. The van der Waals surface area contributed by atoms with Gasteiger partial charge in [-0.25, -0.2) is 0 Å².